The monoisotopic (exact) mass is 180 g/mol. The molecule has 0 heterocycles. The van der Waals surface area contributed by atoms with E-state index in [-0.39, 0.29) is 0 Å². The maximum absolute atomic E-state index is 13.2. The molecular weight excluding hydrogens is 162 g/mol. The highest BCUT2D eigenvalue weighted by atomic mass is 19.3. The van der Waals surface area contributed by atoms with Crippen molar-refractivity contribution in [2.75, 3.05) is 0 Å². The standard InChI is InChI=1S/C9H18F2O/c1-7(2,3)9(10,11)12-8(4,5)6/h1-6H3. The molecule has 0 aliphatic rings. The van der Waals surface area contributed by atoms with Crippen LogP contribution < -0.4 is 0 Å². The molecule has 0 bridgehead atoms. The van der Waals surface area contributed by atoms with Crippen molar-refractivity contribution in [3.8, 4) is 0 Å². The van der Waals surface area contributed by atoms with E-state index in [0.29, 0.717) is 0 Å². The molecule has 0 atom stereocenters. The van der Waals surface area contributed by atoms with Crippen LogP contribution in [-0.4, -0.2) is 11.7 Å². The molecule has 0 unspecified atom stereocenters. The molecule has 1 nitrogen and oxygen atoms in total. The first-order valence-corrected chi connectivity index (χ1v) is 4.04. The summed E-state index contributed by atoms with van der Waals surface area (Å²) in [6, 6.07) is 0. The van der Waals surface area contributed by atoms with Gasteiger partial charge in [0, 0.05) is 0 Å². The van der Waals surface area contributed by atoms with Gasteiger partial charge < -0.3 is 4.74 Å². The van der Waals surface area contributed by atoms with Gasteiger partial charge in [0.1, 0.15) is 0 Å². The molecule has 0 spiro atoms. The van der Waals surface area contributed by atoms with Gasteiger partial charge in [0.15, 0.2) is 0 Å². The van der Waals surface area contributed by atoms with E-state index in [9.17, 15) is 8.78 Å². The first-order chi connectivity index (χ1) is 4.96. The molecule has 0 saturated carbocycles. The average Bonchev–Trinajstić information content (AvgIpc) is 1.52. The largest absolute Gasteiger partial charge is 0.360 e. The van der Waals surface area contributed by atoms with E-state index in [0.717, 1.165) is 0 Å². The van der Waals surface area contributed by atoms with Gasteiger partial charge in [-0.3, -0.25) is 0 Å². The van der Waals surface area contributed by atoms with Crippen molar-refractivity contribution in [1.29, 1.82) is 0 Å². The quantitative estimate of drug-likeness (QED) is 0.600. The predicted molar refractivity (Wildman–Crippen MR) is 45.2 cm³/mol. The van der Waals surface area contributed by atoms with Crippen LogP contribution in [0.1, 0.15) is 41.5 Å². The van der Waals surface area contributed by atoms with E-state index in [1.165, 1.54) is 20.8 Å². The molecule has 0 aromatic rings. The molecule has 0 N–H and O–H groups in total. The summed E-state index contributed by atoms with van der Waals surface area (Å²) in [7, 11) is 0. The van der Waals surface area contributed by atoms with Crippen LogP contribution in [0, 0.1) is 5.41 Å². The zero-order valence-electron chi connectivity index (χ0n) is 8.66. The predicted octanol–water partition coefficient (Wildman–Crippen LogP) is 3.44. The number of halogens is 2. The molecule has 0 aromatic heterocycles. The van der Waals surface area contributed by atoms with E-state index >= 15 is 0 Å². The van der Waals surface area contributed by atoms with Crippen molar-refractivity contribution in [3.63, 3.8) is 0 Å². The van der Waals surface area contributed by atoms with Crippen LogP contribution in [0.5, 0.6) is 0 Å². The Balaban J connectivity index is 4.44. The second-order valence-corrected chi connectivity index (χ2v) is 4.98. The van der Waals surface area contributed by atoms with Crippen LogP contribution in [0.2, 0.25) is 0 Å². The second kappa shape index (κ2) is 2.95. The lowest BCUT2D eigenvalue weighted by Gasteiger charge is -2.35. The number of hydrogen-bond donors (Lipinski definition) is 0. The summed E-state index contributed by atoms with van der Waals surface area (Å²) in [6.07, 6.45) is -3.08. The molecule has 0 fully saturated rings. The van der Waals surface area contributed by atoms with Gasteiger partial charge in [-0.15, -0.1) is 0 Å². The lowest BCUT2D eigenvalue weighted by Crippen LogP contribution is -2.42. The zero-order valence-corrected chi connectivity index (χ0v) is 8.66. The number of hydrogen-bond acceptors (Lipinski definition) is 1. The number of alkyl halides is 2. The maximum atomic E-state index is 13.2. The average molecular weight is 180 g/mol. The van der Waals surface area contributed by atoms with Gasteiger partial charge in [-0.2, -0.15) is 8.78 Å². The number of rotatable bonds is 1. The first kappa shape index (κ1) is 11.8. The topological polar surface area (TPSA) is 9.23 Å². The van der Waals surface area contributed by atoms with Crippen molar-refractivity contribution < 1.29 is 13.5 Å². The van der Waals surface area contributed by atoms with Crippen LogP contribution in [0.3, 0.4) is 0 Å². The van der Waals surface area contributed by atoms with Crippen molar-refractivity contribution in [1.82, 2.24) is 0 Å². The Morgan fingerprint density at radius 3 is 1.25 bits per heavy atom. The van der Waals surface area contributed by atoms with E-state index in [1.807, 2.05) is 0 Å². The minimum absolute atomic E-state index is 0.809. The number of ether oxygens (including phenoxy) is 1. The Morgan fingerprint density at radius 1 is 0.833 bits per heavy atom. The van der Waals surface area contributed by atoms with Crippen LogP contribution in [0.25, 0.3) is 0 Å². The molecule has 3 heteroatoms. The Kier molecular flexibility index (Phi) is 2.90. The lowest BCUT2D eigenvalue weighted by molar-refractivity contribution is -0.331. The summed E-state index contributed by atoms with van der Waals surface area (Å²) in [5, 5.41) is 0. The normalized spacial score (nSPS) is 15.0. The van der Waals surface area contributed by atoms with Crippen molar-refractivity contribution in [2.24, 2.45) is 5.41 Å². The van der Waals surface area contributed by atoms with Gasteiger partial charge in [0.25, 0.3) is 0 Å². The van der Waals surface area contributed by atoms with E-state index in [4.69, 9.17) is 0 Å². The molecule has 0 radical (unpaired) electrons. The molecule has 12 heavy (non-hydrogen) atoms. The third-order valence-electron chi connectivity index (χ3n) is 1.31. The summed E-state index contributed by atoms with van der Waals surface area (Å²) in [4.78, 5) is 0. The molecule has 0 saturated heterocycles. The molecule has 0 aromatic carbocycles. The van der Waals surface area contributed by atoms with Crippen LogP contribution in [0.4, 0.5) is 8.78 Å². The molecule has 0 rings (SSSR count). The fraction of sp³-hybridized carbons (Fsp3) is 1.00. The zero-order chi connectivity index (χ0) is 10.2. The highest BCUT2D eigenvalue weighted by Crippen LogP contribution is 2.39. The lowest BCUT2D eigenvalue weighted by atomic mass is 9.94. The summed E-state index contributed by atoms with van der Waals surface area (Å²) < 4.78 is 31.1. The first-order valence-electron chi connectivity index (χ1n) is 4.04. The fourth-order valence-electron chi connectivity index (χ4n) is 0.538. The summed E-state index contributed by atoms with van der Waals surface area (Å²) >= 11 is 0. The van der Waals surface area contributed by atoms with Crippen molar-refractivity contribution in [3.05, 3.63) is 0 Å². The molecule has 0 amide bonds. The van der Waals surface area contributed by atoms with Gasteiger partial charge in [-0.1, -0.05) is 20.8 Å². The van der Waals surface area contributed by atoms with Crippen molar-refractivity contribution in [2.45, 2.75) is 53.3 Å². The van der Waals surface area contributed by atoms with Gasteiger partial charge >= 0.3 is 6.11 Å². The van der Waals surface area contributed by atoms with Gasteiger partial charge in [0.05, 0.1) is 11.0 Å². The maximum Gasteiger partial charge on any atom is 0.360 e. The Bertz CT molecular complexity index is 151. The molecule has 74 valence electrons. The smallest absolute Gasteiger partial charge is 0.314 e. The third kappa shape index (κ3) is 3.48. The molecular formula is C9H18F2O. The summed E-state index contributed by atoms with van der Waals surface area (Å²) in [6.45, 7) is 9.22. The van der Waals surface area contributed by atoms with Crippen LogP contribution >= 0.6 is 0 Å². The summed E-state index contributed by atoms with van der Waals surface area (Å²) in [5.41, 5.74) is -1.96. The van der Waals surface area contributed by atoms with Gasteiger partial charge in [-0.25, -0.2) is 0 Å². The Hall–Kier alpha value is -0.180. The minimum Gasteiger partial charge on any atom is -0.314 e. The van der Waals surface area contributed by atoms with Crippen LogP contribution in [-0.2, 0) is 4.74 Å². The fourth-order valence-corrected chi connectivity index (χ4v) is 0.538. The molecule has 0 aliphatic carbocycles. The van der Waals surface area contributed by atoms with E-state index in [2.05, 4.69) is 4.74 Å². The Morgan fingerprint density at radius 2 is 1.17 bits per heavy atom. The highest BCUT2D eigenvalue weighted by molar-refractivity contribution is 4.76. The van der Waals surface area contributed by atoms with E-state index in [1.54, 1.807) is 20.8 Å². The van der Waals surface area contributed by atoms with Crippen LogP contribution in [0.15, 0.2) is 0 Å². The van der Waals surface area contributed by atoms with Gasteiger partial charge in [0.2, 0.25) is 0 Å². The second-order valence-electron chi connectivity index (χ2n) is 4.98. The third-order valence-corrected chi connectivity index (χ3v) is 1.31. The van der Waals surface area contributed by atoms with E-state index < -0.39 is 17.1 Å². The minimum atomic E-state index is -3.08. The molecule has 0 aliphatic heterocycles. The summed E-state index contributed by atoms with van der Waals surface area (Å²) in [5.74, 6) is 0. The van der Waals surface area contributed by atoms with Gasteiger partial charge in [-0.05, 0) is 20.8 Å². The highest BCUT2D eigenvalue weighted by Gasteiger charge is 2.47. The Labute approximate surface area is 73.1 Å². The SMILES string of the molecule is CC(C)(C)OC(F)(F)C(C)(C)C. The van der Waals surface area contributed by atoms with Crippen molar-refractivity contribution >= 4 is 0 Å².